The Morgan fingerprint density at radius 1 is 1.40 bits per heavy atom. The Labute approximate surface area is 121 Å². The molecule has 4 nitrogen and oxygen atoms in total. The predicted octanol–water partition coefficient (Wildman–Crippen LogP) is 1.90. The number of piperazine rings is 1. The fourth-order valence-corrected chi connectivity index (χ4v) is 2.77. The maximum absolute atomic E-state index is 12.3. The number of carbonyl (C=O) groups excluding carboxylic acids is 1. The molecule has 1 aromatic carbocycles. The standard InChI is InChI=1S/C16H24N2O2/c1-4-18-9-8-17(11-13(18)2)12-16(19)14-6-5-7-15(10-14)20-3/h5-7,10,13H,4,8-9,11-12H2,1-3H3. The van der Waals surface area contributed by atoms with Crippen LogP contribution in [0, 0.1) is 0 Å². The smallest absolute Gasteiger partial charge is 0.176 e. The molecule has 1 saturated heterocycles. The van der Waals surface area contributed by atoms with Crippen molar-refractivity contribution < 1.29 is 9.53 Å². The molecule has 1 unspecified atom stereocenters. The number of ketones is 1. The van der Waals surface area contributed by atoms with Crippen LogP contribution in [-0.2, 0) is 0 Å². The zero-order valence-corrected chi connectivity index (χ0v) is 12.6. The van der Waals surface area contributed by atoms with Crippen LogP contribution in [0.3, 0.4) is 0 Å². The van der Waals surface area contributed by atoms with Gasteiger partial charge in [0.2, 0.25) is 0 Å². The van der Waals surface area contributed by atoms with Gasteiger partial charge in [0.05, 0.1) is 13.7 Å². The molecule has 0 radical (unpaired) electrons. The van der Waals surface area contributed by atoms with Crippen molar-refractivity contribution in [2.24, 2.45) is 0 Å². The minimum Gasteiger partial charge on any atom is -0.497 e. The maximum Gasteiger partial charge on any atom is 0.176 e. The van der Waals surface area contributed by atoms with Gasteiger partial charge >= 0.3 is 0 Å². The minimum absolute atomic E-state index is 0.168. The van der Waals surface area contributed by atoms with Crippen LogP contribution in [0.5, 0.6) is 5.75 Å². The molecule has 1 atom stereocenters. The molecule has 0 amide bonds. The SMILES string of the molecule is CCN1CCN(CC(=O)c2cccc(OC)c2)CC1C. The number of rotatable bonds is 5. The van der Waals surface area contributed by atoms with Crippen LogP contribution in [0.15, 0.2) is 24.3 Å². The molecule has 1 aromatic rings. The van der Waals surface area contributed by atoms with Crippen LogP contribution in [0.2, 0.25) is 0 Å². The molecule has 0 aliphatic carbocycles. The van der Waals surface area contributed by atoms with Gasteiger partial charge in [-0.2, -0.15) is 0 Å². The highest BCUT2D eigenvalue weighted by Crippen LogP contribution is 2.15. The number of Topliss-reactive ketones (excluding diaryl/α,β-unsaturated/α-hetero) is 1. The van der Waals surface area contributed by atoms with Crippen molar-refractivity contribution in [3.8, 4) is 5.75 Å². The normalized spacial score (nSPS) is 20.9. The summed E-state index contributed by atoms with van der Waals surface area (Å²) in [7, 11) is 1.62. The zero-order valence-electron chi connectivity index (χ0n) is 12.6. The molecule has 1 aliphatic heterocycles. The number of hydrogen-bond acceptors (Lipinski definition) is 4. The molecule has 0 bridgehead atoms. The summed E-state index contributed by atoms with van der Waals surface area (Å²) >= 11 is 0. The van der Waals surface area contributed by atoms with Gasteiger partial charge in [-0.3, -0.25) is 14.6 Å². The Bertz CT molecular complexity index is 462. The van der Waals surface area contributed by atoms with E-state index in [1.807, 2.05) is 24.3 Å². The lowest BCUT2D eigenvalue weighted by atomic mass is 10.1. The van der Waals surface area contributed by atoms with E-state index in [9.17, 15) is 4.79 Å². The molecule has 110 valence electrons. The van der Waals surface area contributed by atoms with Crippen LogP contribution in [0.1, 0.15) is 24.2 Å². The van der Waals surface area contributed by atoms with Crippen LogP contribution < -0.4 is 4.74 Å². The van der Waals surface area contributed by atoms with Crippen molar-refractivity contribution in [1.82, 2.24) is 9.80 Å². The van der Waals surface area contributed by atoms with E-state index in [-0.39, 0.29) is 5.78 Å². The summed E-state index contributed by atoms with van der Waals surface area (Å²) in [6, 6.07) is 7.92. The molecule has 0 spiro atoms. The molecule has 0 saturated carbocycles. The van der Waals surface area contributed by atoms with E-state index in [4.69, 9.17) is 4.74 Å². The summed E-state index contributed by atoms with van der Waals surface area (Å²) in [5, 5.41) is 0. The molecule has 1 aliphatic rings. The van der Waals surface area contributed by atoms with Crippen molar-refractivity contribution >= 4 is 5.78 Å². The van der Waals surface area contributed by atoms with Gasteiger partial charge in [0.25, 0.3) is 0 Å². The van der Waals surface area contributed by atoms with Gasteiger partial charge < -0.3 is 4.74 Å². The summed E-state index contributed by atoms with van der Waals surface area (Å²) < 4.78 is 5.17. The molecular formula is C16H24N2O2. The van der Waals surface area contributed by atoms with Gasteiger partial charge in [-0.1, -0.05) is 19.1 Å². The fraction of sp³-hybridized carbons (Fsp3) is 0.562. The highest BCUT2D eigenvalue weighted by atomic mass is 16.5. The third-order valence-corrected chi connectivity index (χ3v) is 4.01. The second-order valence-electron chi connectivity index (χ2n) is 5.37. The number of carbonyl (C=O) groups is 1. The number of hydrogen-bond donors (Lipinski definition) is 0. The van der Waals surface area contributed by atoms with Crippen LogP contribution in [-0.4, -0.2) is 61.5 Å². The number of likely N-dealkylation sites (N-methyl/N-ethyl adjacent to an activating group) is 1. The van der Waals surface area contributed by atoms with Crippen molar-refractivity contribution in [1.29, 1.82) is 0 Å². The summed E-state index contributed by atoms with van der Waals surface area (Å²) in [6.07, 6.45) is 0. The molecular weight excluding hydrogens is 252 g/mol. The van der Waals surface area contributed by atoms with E-state index >= 15 is 0 Å². The fourth-order valence-electron chi connectivity index (χ4n) is 2.77. The summed E-state index contributed by atoms with van der Waals surface area (Å²) in [5.41, 5.74) is 0.731. The molecule has 1 heterocycles. The molecule has 20 heavy (non-hydrogen) atoms. The lowest BCUT2D eigenvalue weighted by Gasteiger charge is -2.39. The van der Waals surface area contributed by atoms with Gasteiger partial charge in [-0.25, -0.2) is 0 Å². The third-order valence-electron chi connectivity index (χ3n) is 4.01. The van der Waals surface area contributed by atoms with E-state index in [2.05, 4.69) is 23.6 Å². The minimum atomic E-state index is 0.168. The zero-order chi connectivity index (χ0) is 14.5. The van der Waals surface area contributed by atoms with E-state index in [1.54, 1.807) is 7.11 Å². The number of ether oxygens (including phenoxy) is 1. The molecule has 2 rings (SSSR count). The third kappa shape index (κ3) is 3.58. The Hall–Kier alpha value is -1.39. The second-order valence-corrected chi connectivity index (χ2v) is 5.37. The molecule has 1 fully saturated rings. The largest absolute Gasteiger partial charge is 0.497 e. The monoisotopic (exact) mass is 276 g/mol. The summed E-state index contributed by atoms with van der Waals surface area (Å²) in [5.74, 6) is 0.904. The highest BCUT2D eigenvalue weighted by molar-refractivity contribution is 5.97. The Kier molecular flexibility index (Phi) is 5.15. The van der Waals surface area contributed by atoms with Gasteiger partial charge in [0.1, 0.15) is 5.75 Å². The van der Waals surface area contributed by atoms with Gasteiger partial charge in [0, 0.05) is 31.2 Å². The van der Waals surface area contributed by atoms with E-state index in [1.165, 1.54) is 0 Å². The van der Waals surface area contributed by atoms with E-state index in [0.29, 0.717) is 12.6 Å². The Morgan fingerprint density at radius 3 is 2.85 bits per heavy atom. The van der Waals surface area contributed by atoms with Crippen LogP contribution >= 0.6 is 0 Å². The average Bonchev–Trinajstić information content (AvgIpc) is 2.47. The summed E-state index contributed by atoms with van der Waals surface area (Å²) in [4.78, 5) is 17.0. The van der Waals surface area contributed by atoms with Crippen molar-refractivity contribution in [2.75, 3.05) is 39.8 Å². The topological polar surface area (TPSA) is 32.8 Å². The van der Waals surface area contributed by atoms with E-state index < -0.39 is 0 Å². The second kappa shape index (κ2) is 6.86. The average molecular weight is 276 g/mol. The first-order chi connectivity index (χ1) is 9.63. The van der Waals surface area contributed by atoms with Crippen molar-refractivity contribution in [2.45, 2.75) is 19.9 Å². The van der Waals surface area contributed by atoms with Gasteiger partial charge in [-0.15, -0.1) is 0 Å². The first-order valence-electron chi connectivity index (χ1n) is 7.27. The van der Waals surface area contributed by atoms with Crippen molar-refractivity contribution in [3.05, 3.63) is 29.8 Å². The van der Waals surface area contributed by atoms with Gasteiger partial charge in [0.15, 0.2) is 5.78 Å². The molecule has 0 N–H and O–H groups in total. The van der Waals surface area contributed by atoms with Crippen LogP contribution in [0.25, 0.3) is 0 Å². The number of benzene rings is 1. The molecule has 4 heteroatoms. The highest BCUT2D eigenvalue weighted by Gasteiger charge is 2.23. The van der Waals surface area contributed by atoms with Crippen LogP contribution in [0.4, 0.5) is 0 Å². The quantitative estimate of drug-likeness (QED) is 0.769. The number of methoxy groups -OCH3 is 1. The molecule has 0 aromatic heterocycles. The lowest BCUT2D eigenvalue weighted by molar-refractivity contribution is 0.0723. The Morgan fingerprint density at radius 2 is 2.20 bits per heavy atom. The Balaban J connectivity index is 1.94. The van der Waals surface area contributed by atoms with E-state index in [0.717, 1.165) is 37.5 Å². The first-order valence-corrected chi connectivity index (χ1v) is 7.27. The maximum atomic E-state index is 12.3. The first kappa shape index (κ1) is 15.0. The summed E-state index contributed by atoms with van der Waals surface area (Å²) in [6.45, 7) is 8.97. The predicted molar refractivity (Wildman–Crippen MR) is 80.5 cm³/mol. The number of nitrogens with zero attached hydrogens (tertiary/aromatic N) is 2. The van der Waals surface area contributed by atoms with Gasteiger partial charge in [-0.05, 0) is 25.6 Å². The van der Waals surface area contributed by atoms with Crippen molar-refractivity contribution in [3.63, 3.8) is 0 Å². The lowest BCUT2D eigenvalue weighted by Crippen LogP contribution is -2.52.